The lowest BCUT2D eigenvalue weighted by molar-refractivity contribution is -0.124. The SMILES string of the molecule is O=C(COc1ccc(Cl)cc1)N[C@]12CC1CN(CCCOc1ccc(Cl)nc1)C2. The van der Waals surface area contributed by atoms with Crippen LogP contribution >= 0.6 is 23.2 Å². The van der Waals surface area contributed by atoms with E-state index in [0.29, 0.717) is 28.5 Å². The summed E-state index contributed by atoms with van der Waals surface area (Å²) >= 11 is 11.6. The first kappa shape index (κ1) is 20.3. The number of fused-ring (bicyclic) bond motifs is 1. The Balaban J connectivity index is 1.15. The summed E-state index contributed by atoms with van der Waals surface area (Å²) in [6, 6.07) is 10.5. The van der Waals surface area contributed by atoms with Crippen LogP contribution in [0.1, 0.15) is 12.8 Å². The summed E-state index contributed by atoms with van der Waals surface area (Å²) in [4.78, 5) is 18.7. The molecule has 1 N–H and O–H groups in total. The van der Waals surface area contributed by atoms with Crippen LogP contribution in [0.3, 0.4) is 0 Å². The second-order valence-corrected chi connectivity index (χ2v) is 8.43. The van der Waals surface area contributed by atoms with Crippen LogP contribution in [0.25, 0.3) is 0 Å². The van der Waals surface area contributed by atoms with Crippen molar-refractivity contribution in [3.05, 3.63) is 52.8 Å². The van der Waals surface area contributed by atoms with Crippen molar-refractivity contribution in [2.24, 2.45) is 5.92 Å². The highest BCUT2D eigenvalue weighted by molar-refractivity contribution is 6.30. The highest BCUT2D eigenvalue weighted by atomic mass is 35.5. The highest BCUT2D eigenvalue weighted by Crippen LogP contribution is 2.49. The molecule has 2 aromatic rings. The molecule has 1 aromatic heterocycles. The number of ether oxygens (including phenoxy) is 2. The van der Waals surface area contributed by atoms with Crippen LogP contribution in [0.5, 0.6) is 11.5 Å². The Morgan fingerprint density at radius 1 is 1.17 bits per heavy atom. The average molecular weight is 436 g/mol. The molecule has 2 aliphatic rings. The first-order valence-corrected chi connectivity index (χ1v) is 10.4. The summed E-state index contributed by atoms with van der Waals surface area (Å²) in [5, 5.41) is 4.28. The van der Waals surface area contributed by atoms with Crippen molar-refractivity contribution in [1.29, 1.82) is 0 Å². The van der Waals surface area contributed by atoms with E-state index in [9.17, 15) is 4.79 Å². The maximum absolute atomic E-state index is 12.3. The van der Waals surface area contributed by atoms with Crippen LogP contribution in [0.2, 0.25) is 10.2 Å². The van der Waals surface area contributed by atoms with Crippen molar-refractivity contribution in [2.75, 3.05) is 32.8 Å². The molecule has 1 amide bonds. The zero-order valence-corrected chi connectivity index (χ0v) is 17.5. The zero-order chi connectivity index (χ0) is 20.3. The first-order chi connectivity index (χ1) is 14.0. The molecule has 29 heavy (non-hydrogen) atoms. The smallest absolute Gasteiger partial charge is 0.258 e. The van der Waals surface area contributed by atoms with Gasteiger partial charge in [-0.1, -0.05) is 23.2 Å². The fraction of sp³-hybridized carbons (Fsp3) is 0.429. The number of benzene rings is 1. The van der Waals surface area contributed by atoms with Crippen LogP contribution in [0.15, 0.2) is 42.6 Å². The Bertz CT molecular complexity index is 847. The summed E-state index contributed by atoms with van der Waals surface area (Å²) < 4.78 is 11.2. The first-order valence-electron chi connectivity index (χ1n) is 9.68. The maximum Gasteiger partial charge on any atom is 0.258 e. The molecule has 2 atom stereocenters. The molecule has 0 bridgehead atoms. The number of piperidine rings is 1. The summed E-state index contributed by atoms with van der Waals surface area (Å²) in [6.07, 6.45) is 3.59. The molecule has 0 spiro atoms. The van der Waals surface area contributed by atoms with E-state index in [0.717, 1.165) is 38.2 Å². The van der Waals surface area contributed by atoms with Gasteiger partial charge in [0.25, 0.3) is 5.91 Å². The molecule has 1 aliphatic heterocycles. The van der Waals surface area contributed by atoms with Crippen molar-refractivity contribution in [1.82, 2.24) is 15.2 Å². The van der Waals surface area contributed by atoms with Crippen molar-refractivity contribution in [3.8, 4) is 11.5 Å². The molecule has 2 fully saturated rings. The Hall–Kier alpha value is -2.02. The molecule has 1 saturated heterocycles. The van der Waals surface area contributed by atoms with Gasteiger partial charge in [-0.25, -0.2) is 4.98 Å². The minimum atomic E-state index is -0.0819. The van der Waals surface area contributed by atoms with E-state index in [1.54, 1.807) is 36.5 Å². The van der Waals surface area contributed by atoms with Crippen molar-refractivity contribution in [3.63, 3.8) is 0 Å². The number of carbonyl (C=O) groups is 1. The van der Waals surface area contributed by atoms with Crippen molar-refractivity contribution < 1.29 is 14.3 Å². The Kier molecular flexibility index (Phi) is 6.13. The Morgan fingerprint density at radius 2 is 1.97 bits per heavy atom. The van der Waals surface area contributed by atoms with Gasteiger partial charge in [0.15, 0.2) is 6.61 Å². The van der Waals surface area contributed by atoms with Crippen LogP contribution < -0.4 is 14.8 Å². The number of nitrogens with zero attached hydrogens (tertiary/aromatic N) is 2. The number of pyridine rings is 1. The number of rotatable bonds is 9. The lowest BCUT2D eigenvalue weighted by atomic mass is 10.2. The van der Waals surface area contributed by atoms with Crippen LogP contribution in [0.4, 0.5) is 0 Å². The molecular weight excluding hydrogens is 413 g/mol. The number of nitrogens with one attached hydrogen (secondary N) is 1. The fourth-order valence-electron chi connectivity index (χ4n) is 3.87. The molecule has 154 valence electrons. The lowest BCUT2D eigenvalue weighted by Crippen LogP contribution is -2.44. The van der Waals surface area contributed by atoms with Crippen molar-refractivity contribution >= 4 is 29.1 Å². The Labute approximate surface area is 180 Å². The third-order valence-corrected chi connectivity index (χ3v) is 5.85. The van der Waals surface area contributed by atoms with Gasteiger partial charge in [-0.3, -0.25) is 4.79 Å². The minimum absolute atomic E-state index is 0.0130. The van der Waals surface area contributed by atoms with E-state index in [2.05, 4.69) is 15.2 Å². The topological polar surface area (TPSA) is 63.7 Å². The van der Waals surface area contributed by atoms with E-state index in [4.69, 9.17) is 32.7 Å². The van der Waals surface area contributed by atoms with Gasteiger partial charge >= 0.3 is 0 Å². The predicted molar refractivity (Wildman–Crippen MR) is 112 cm³/mol. The van der Waals surface area contributed by atoms with Crippen LogP contribution in [-0.2, 0) is 4.79 Å². The molecule has 0 radical (unpaired) electrons. The van der Waals surface area contributed by atoms with E-state index in [1.165, 1.54) is 0 Å². The van der Waals surface area contributed by atoms with Crippen LogP contribution in [-0.4, -0.2) is 54.2 Å². The molecule has 1 aliphatic carbocycles. The third kappa shape index (κ3) is 5.32. The Morgan fingerprint density at radius 3 is 2.72 bits per heavy atom. The number of carbonyl (C=O) groups excluding carboxylic acids is 1. The second-order valence-electron chi connectivity index (χ2n) is 7.60. The molecule has 4 rings (SSSR count). The number of amides is 1. The normalized spacial score (nSPS) is 22.8. The number of hydrogen-bond donors (Lipinski definition) is 1. The van der Waals surface area contributed by atoms with Crippen LogP contribution in [0, 0.1) is 5.92 Å². The second kappa shape index (κ2) is 8.78. The molecular formula is C21H23Cl2N3O3. The molecule has 1 saturated carbocycles. The third-order valence-electron chi connectivity index (χ3n) is 5.38. The summed E-state index contributed by atoms with van der Waals surface area (Å²) in [7, 11) is 0. The van der Waals surface area contributed by atoms with Gasteiger partial charge in [-0.05, 0) is 55.2 Å². The zero-order valence-electron chi connectivity index (χ0n) is 15.9. The van der Waals surface area contributed by atoms with Gasteiger partial charge in [-0.15, -0.1) is 0 Å². The monoisotopic (exact) mass is 435 g/mol. The molecule has 2 heterocycles. The summed E-state index contributed by atoms with van der Waals surface area (Å²) in [5.74, 6) is 1.81. The quantitative estimate of drug-likeness (QED) is 0.482. The van der Waals surface area contributed by atoms with Gasteiger partial charge < -0.3 is 19.7 Å². The molecule has 6 nitrogen and oxygen atoms in total. The number of aromatic nitrogens is 1. The molecule has 1 unspecified atom stereocenters. The van der Waals surface area contributed by atoms with Gasteiger partial charge in [0.2, 0.25) is 0 Å². The van der Waals surface area contributed by atoms with E-state index in [-0.39, 0.29) is 18.1 Å². The fourth-order valence-corrected chi connectivity index (χ4v) is 4.11. The van der Waals surface area contributed by atoms with E-state index in [1.807, 2.05) is 6.07 Å². The van der Waals surface area contributed by atoms with Gasteiger partial charge in [0.05, 0.1) is 18.3 Å². The summed E-state index contributed by atoms with van der Waals surface area (Å²) in [5.41, 5.74) is -0.0819. The van der Waals surface area contributed by atoms with Gasteiger partial charge in [0.1, 0.15) is 16.7 Å². The lowest BCUT2D eigenvalue weighted by Gasteiger charge is -2.21. The van der Waals surface area contributed by atoms with Gasteiger partial charge in [0, 0.05) is 24.7 Å². The minimum Gasteiger partial charge on any atom is -0.492 e. The number of hydrogen-bond acceptors (Lipinski definition) is 5. The van der Waals surface area contributed by atoms with Gasteiger partial charge in [-0.2, -0.15) is 0 Å². The predicted octanol–water partition coefficient (Wildman–Crippen LogP) is 3.43. The van der Waals surface area contributed by atoms with Crippen molar-refractivity contribution in [2.45, 2.75) is 18.4 Å². The van der Waals surface area contributed by atoms with E-state index < -0.39 is 0 Å². The standard InChI is InChI=1S/C21H23Cl2N3O3/c22-16-2-4-17(5-3-16)29-13-20(27)25-21-10-15(21)12-26(14-21)8-1-9-28-18-6-7-19(23)24-11-18/h2-7,11,15H,1,8-10,12-14H2,(H,25,27)/t15?,21-/m0/s1. The number of halogens is 2. The molecule has 1 aromatic carbocycles. The molecule has 8 heteroatoms. The highest BCUT2D eigenvalue weighted by Gasteiger charge is 2.60. The average Bonchev–Trinajstić information content (AvgIpc) is 3.25. The largest absolute Gasteiger partial charge is 0.492 e. The maximum atomic E-state index is 12.3. The summed E-state index contributed by atoms with van der Waals surface area (Å²) in [6.45, 7) is 3.47. The van der Waals surface area contributed by atoms with E-state index >= 15 is 0 Å². The number of likely N-dealkylation sites (tertiary alicyclic amines) is 1.